The molecule has 31 heavy (non-hydrogen) atoms. The van der Waals surface area contributed by atoms with Crippen LogP contribution in [0.2, 0.25) is 0 Å². The van der Waals surface area contributed by atoms with E-state index in [1.165, 1.54) is 4.52 Å². The number of aromatic amines is 1. The van der Waals surface area contributed by atoms with Crippen LogP contribution in [0.5, 0.6) is 0 Å². The van der Waals surface area contributed by atoms with Crippen LogP contribution < -0.4 is 5.56 Å². The Morgan fingerprint density at radius 2 is 2.03 bits per heavy atom. The lowest BCUT2D eigenvalue weighted by Crippen LogP contribution is -2.40. The number of aromatic nitrogens is 5. The van der Waals surface area contributed by atoms with E-state index >= 15 is 0 Å². The highest BCUT2D eigenvalue weighted by atomic mass is 19.1. The maximum absolute atomic E-state index is 13.3. The van der Waals surface area contributed by atoms with Crippen molar-refractivity contribution in [3.8, 4) is 0 Å². The Bertz CT molecular complexity index is 1160. The molecule has 0 atom stereocenters. The lowest BCUT2D eigenvalue weighted by molar-refractivity contribution is -0.132. The van der Waals surface area contributed by atoms with Crippen LogP contribution >= 0.6 is 0 Å². The molecule has 10 heteroatoms. The summed E-state index contributed by atoms with van der Waals surface area (Å²) in [5.41, 5.74) is 0.376. The molecule has 0 aliphatic carbocycles. The number of carbonyl (C=O) groups excluding carboxylic acids is 2. The van der Waals surface area contributed by atoms with Gasteiger partial charge in [0.15, 0.2) is 5.78 Å². The summed E-state index contributed by atoms with van der Waals surface area (Å²) in [4.78, 5) is 41.6. The Kier molecular flexibility index (Phi) is 5.97. The normalized spacial score (nSPS) is 15.0. The van der Waals surface area contributed by atoms with Crippen LogP contribution in [0.25, 0.3) is 5.52 Å². The van der Waals surface area contributed by atoms with Gasteiger partial charge in [0.1, 0.15) is 17.2 Å². The molecular weight excluding hydrogens is 403 g/mol. The Hall–Kier alpha value is -3.30. The van der Waals surface area contributed by atoms with Gasteiger partial charge in [-0.25, -0.2) is 8.91 Å². The molecule has 0 spiro atoms. The van der Waals surface area contributed by atoms with Crippen molar-refractivity contribution in [1.29, 1.82) is 0 Å². The minimum absolute atomic E-state index is 0.0279. The van der Waals surface area contributed by atoms with E-state index in [0.29, 0.717) is 56.6 Å². The van der Waals surface area contributed by atoms with Gasteiger partial charge in [-0.2, -0.15) is 10.2 Å². The summed E-state index contributed by atoms with van der Waals surface area (Å²) in [7, 11) is 0. The summed E-state index contributed by atoms with van der Waals surface area (Å²) < 4.78 is 16.3. The Labute approximate surface area is 177 Å². The monoisotopic (exact) mass is 428 g/mol. The van der Waals surface area contributed by atoms with Gasteiger partial charge in [0.25, 0.3) is 5.56 Å². The molecule has 1 amide bonds. The van der Waals surface area contributed by atoms with E-state index in [2.05, 4.69) is 15.2 Å². The molecular formula is C21H25FN6O3. The number of ketones is 1. The number of nitrogens with zero attached hydrogens (tertiary/aromatic N) is 5. The van der Waals surface area contributed by atoms with Crippen LogP contribution in [0.4, 0.5) is 4.39 Å². The summed E-state index contributed by atoms with van der Waals surface area (Å²) in [5.74, 6) is -0.0652. The molecule has 1 aliphatic rings. The first kappa shape index (κ1) is 21.0. The Balaban J connectivity index is 1.25. The zero-order valence-electron chi connectivity index (χ0n) is 17.4. The second kappa shape index (κ2) is 8.83. The quantitative estimate of drug-likeness (QED) is 0.578. The van der Waals surface area contributed by atoms with Crippen LogP contribution in [-0.2, 0) is 17.8 Å². The first-order chi connectivity index (χ1) is 14.9. The maximum atomic E-state index is 13.3. The number of nitrogens with one attached hydrogen (secondary N) is 1. The van der Waals surface area contributed by atoms with Crippen molar-refractivity contribution in [3.05, 3.63) is 52.2 Å². The molecule has 0 saturated carbocycles. The number of H-pyrrole nitrogens is 1. The molecule has 3 aromatic heterocycles. The smallest absolute Gasteiger partial charge is 0.275 e. The molecule has 0 bridgehead atoms. The minimum Gasteiger partial charge on any atom is -0.343 e. The van der Waals surface area contributed by atoms with Gasteiger partial charge in [0.2, 0.25) is 5.91 Å². The average molecular weight is 428 g/mol. The van der Waals surface area contributed by atoms with Crippen LogP contribution in [0.15, 0.2) is 29.5 Å². The highest BCUT2D eigenvalue weighted by molar-refractivity contribution is 5.97. The molecule has 1 fully saturated rings. The van der Waals surface area contributed by atoms with Crippen molar-refractivity contribution in [2.45, 2.75) is 45.6 Å². The standard InChI is InChI=1S/C21H25FN6O3/c1-2-27-12-15(11-23-27)20(30)14-6-8-26(9-7-14)19(29)5-3-4-18-24-21(31)17-10-16(22)13-28(17)25-18/h10-14H,2-9H2,1H3,(H,24,25,31). The Morgan fingerprint density at radius 1 is 1.26 bits per heavy atom. The van der Waals surface area contributed by atoms with Crippen LogP contribution in [0, 0.1) is 11.7 Å². The second-order valence-electron chi connectivity index (χ2n) is 7.85. The number of piperidine rings is 1. The highest BCUT2D eigenvalue weighted by Gasteiger charge is 2.28. The van der Waals surface area contributed by atoms with E-state index < -0.39 is 11.4 Å². The van der Waals surface area contributed by atoms with Gasteiger partial charge in [-0.3, -0.25) is 19.1 Å². The predicted octanol–water partition coefficient (Wildman–Crippen LogP) is 1.82. The summed E-state index contributed by atoms with van der Waals surface area (Å²) in [6.45, 7) is 3.80. The lowest BCUT2D eigenvalue weighted by atomic mass is 9.90. The molecule has 3 aromatic rings. The number of fused-ring (bicyclic) bond motifs is 1. The van der Waals surface area contributed by atoms with Crippen molar-refractivity contribution in [3.63, 3.8) is 0 Å². The van der Waals surface area contributed by atoms with Gasteiger partial charge in [-0.05, 0) is 26.2 Å². The van der Waals surface area contributed by atoms with E-state index in [4.69, 9.17) is 0 Å². The molecule has 9 nitrogen and oxygen atoms in total. The van der Waals surface area contributed by atoms with Crippen molar-refractivity contribution in [2.24, 2.45) is 5.92 Å². The fourth-order valence-electron chi connectivity index (χ4n) is 3.99. The third kappa shape index (κ3) is 4.57. The zero-order chi connectivity index (χ0) is 22.0. The summed E-state index contributed by atoms with van der Waals surface area (Å²) >= 11 is 0. The van der Waals surface area contributed by atoms with Gasteiger partial charge >= 0.3 is 0 Å². The SMILES string of the molecule is CCn1cc(C(=O)C2CCN(C(=O)CCCc3nn4cc(F)cc4c(=O)[nH]3)CC2)cn1. The molecule has 0 unspecified atom stereocenters. The molecule has 0 aromatic carbocycles. The number of Topliss-reactive ketones (excluding diaryl/α,β-unsaturated/α-hetero) is 1. The first-order valence-electron chi connectivity index (χ1n) is 10.6. The zero-order valence-corrected chi connectivity index (χ0v) is 17.4. The number of hydrogen-bond donors (Lipinski definition) is 1. The number of likely N-dealkylation sites (tertiary alicyclic amines) is 1. The topological polar surface area (TPSA) is 105 Å². The molecule has 1 saturated heterocycles. The summed E-state index contributed by atoms with van der Waals surface area (Å²) in [5, 5.41) is 8.34. The molecule has 1 aliphatic heterocycles. The van der Waals surface area contributed by atoms with Crippen molar-refractivity contribution >= 4 is 17.2 Å². The van der Waals surface area contributed by atoms with Gasteiger partial charge < -0.3 is 9.88 Å². The molecule has 4 heterocycles. The van der Waals surface area contributed by atoms with Gasteiger partial charge in [-0.1, -0.05) is 0 Å². The Morgan fingerprint density at radius 3 is 2.74 bits per heavy atom. The fourth-order valence-corrected chi connectivity index (χ4v) is 3.99. The number of halogens is 1. The van der Waals surface area contributed by atoms with Gasteiger partial charge in [0.05, 0.1) is 18.0 Å². The minimum atomic E-state index is -0.522. The van der Waals surface area contributed by atoms with Crippen LogP contribution in [0.3, 0.4) is 0 Å². The first-order valence-corrected chi connectivity index (χ1v) is 10.6. The van der Waals surface area contributed by atoms with Crippen molar-refractivity contribution in [2.75, 3.05) is 13.1 Å². The lowest BCUT2D eigenvalue weighted by Gasteiger charge is -2.31. The largest absolute Gasteiger partial charge is 0.343 e. The molecule has 4 rings (SSSR count). The molecule has 164 valence electrons. The van der Waals surface area contributed by atoms with Crippen molar-refractivity contribution in [1.82, 2.24) is 29.3 Å². The van der Waals surface area contributed by atoms with E-state index in [9.17, 15) is 18.8 Å². The van der Waals surface area contributed by atoms with E-state index in [0.717, 1.165) is 18.8 Å². The van der Waals surface area contributed by atoms with Crippen molar-refractivity contribution < 1.29 is 14.0 Å². The van der Waals surface area contributed by atoms with E-state index in [1.807, 2.05) is 6.92 Å². The van der Waals surface area contributed by atoms with E-state index in [1.54, 1.807) is 22.0 Å². The average Bonchev–Trinajstić information content (AvgIpc) is 3.39. The number of amides is 1. The molecule has 0 radical (unpaired) electrons. The summed E-state index contributed by atoms with van der Waals surface area (Å²) in [6.07, 6.45) is 7.08. The van der Waals surface area contributed by atoms with Gasteiger partial charge in [0, 0.05) is 50.7 Å². The maximum Gasteiger partial charge on any atom is 0.275 e. The number of aryl methyl sites for hydroxylation is 2. The fraction of sp³-hybridized carbons (Fsp3) is 0.476. The third-order valence-corrected chi connectivity index (χ3v) is 5.75. The second-order valence-corrected chi connectivity index (χ2v) is 7.85. The number of carbonyl (C=O) groups is 2. The predicted molar refractivity (Wildman–Crippen MR) is 110 cm³/mol. The number of hydrogen-bond acceptors (Lipinski definition) is 5. The van der Waals surface area contributed by atoms with Crippen LogP contribution in [-0.4, -0.2) is 54.1 Å². The van der Waals surface area contributed by atoms with Gasteiger partial charge in [-0.15, -0.1) is 0 Å². The summed E-state index contributed by atoms with van der Waals surface area (Å²) in [6, 6.07) is 1.13. The number of rotatable bonds is 7. The van der Waals surface area contributed by atoms with E-state index in [-0.39, 0.29) is 23.1 Å². The molecule has 1 N–H and O–H groups in total. The van der Waals surface area contributed by atoms with Crippen LogP contribution in [0.1, 0.15) is 48.8 Å². The third-order valence-electron chi connectivity index (χ3n) is 5.75. The highest BCUT2D eigenvalue weighted by Crippen LogP contribution is 2.22.